The maximum atomic E-state index is 5.56. The SMILES string of the molecule is C=C(CCl)c1cccnc1. The number of alkyl halides is 1. The predicted molar refractivity (Wildman–Crippen MR) is 44.0 cm³/mol. The summed E-state index contributed by atoms with van der Waals surface area (Å²) in [6.07, 6.45) is 3.48. The predicted octanol–water partition coefficient (Wildman–Crippen LogP) is 2.33. The van der Waals surface area contributed by atoms with Crippen LogP contribution in [0, 0.1) is 0 Å². The van der Waals surface area contributed by atoms with E-state index in [1.54, 1.807) is 12.4 Å². The summed E-state index contributed by atoms with van der Waals surface area (Å²) in [6.45, 7) is 3.77. The number of halogens is 1. The third-order valence-corrected chi connectivity index (χ3v) is 1.55. The van der Waals surface area contributed by atoms with Gasteiger partial charge in [0.2, 0.25) is 0 Å². The fourth-order valence-corrected chi connectivity index (χ4v) is 0.803. The molecular formula is C8H8ClN. The summed E-state index contributed by atoms with van der Waals surface area (Å²) < 4.78 is 0. The highest BCUT2D eigenvalue weighted by Gasteiger charge is 1.93. The molecule has 0 fully saturated rings. The van der Waals surface area contributed by atoms with Crippen LogP contribution in [-0.2, 0) is 0 Å². The van der Waals surface area contributed by atoms with Crippen molar-refractivity contribution in [2.75, 3.05) is 5.88 Å². The number of pyridine rings is 1. The molecule has 0 saturated carbocycles. The van der Waals surface area contributed by atoms with Crippen LogP contribution in [0.3, 0.4) is 0 Å². The Morgan fingerprint density at radius 2 is 2.50 bits per heavy atom. The van der Waals surface area contributed by atoms with Crippen LogP contribution in [0.4, 0.5) is 0 Å². The van der Waals surface area contributed by atoms with Gasteiger partial charge in [0.25, 0.3) is 0 Å². The van der Waals surface area contributed by atoms with Crippen LogP contribution < -0.4 is 0 Å². The van der Waals surface area contributed by atoms with Gasteiger partial charge in [-0.25, -0.2) is 0 Å². The van der Waals surface area contributed by atoms with Gasteiger partial charge in [0.15, 0.2) is 0 Å². The average molecular weight is 154 g/mol. The van der Waals surface area contributed by atoms with Gasteiger partial charge in [-0.2, -0.15) is 0 Å². The quantitative estimate of drug-likeness (QED) is 0.595. The normalized spacial score (nSPS) is 9.30. The molecule has 1 heterocycles. The molecule has 0 aliphatic rings. The highest BCUT2D eigenvalue weighted by atomic mass is 35.5. The monoisotopic (exact) mass is 153 g/mol. The van der Waals surface area contributed by atoms with Crippen LogP contribution in [0.5, 0.6) is 0 Å². The number of allylic oxidation sites excluding steroid dienone is 1. The summed E-state index contributed by atoms with van der Waals surface area (Å²) in [6, 6.07) is 3.81. The molecule has 52 valence electrons. The molecule has 1 rings (SSSR count). The van der Waals surface area contributed by atoms with E-state index in [2.05, 4.69) is 11.6 Å². The van der Waals surface area contributed by atoms with Crippen LogP contribution >= 0.6 is 11.6 Å². The molecule has 0 spiro atoms. The van der Waals surface area contributed by atoms with E-state index in [1.165, 1.54) is 0 Å². The van der Waals surface area contributed by atoms with Crippen LogP contribution in [0.1, 0.15) is 5.56 Å². The lowest BCUT2D eigenvalue weighted by molar-refractivity contribution is 1.31. The maximum Gasteiger partial charge on any atom is 0.0474 e. The van der Waals surface area contributed by atoms with E-state index in [9.17, 15) is 0 Å². The highest BCUT2D eigenvalue weighted by molar-refractivity contribution is 6.23. The Morgan fingerprint density at radius 3 is 3.00 bits per heavy atom. The lowest BCUT2D eigenvalue weighted by Crippen LogP contribution is -1.83. The van der Waals surface area contributed by atoms with E-state index in [0.29, 0.717) is 5.88 Å². The second-order valence-corrected chi connectivity index (χ2v) is 2.25. The molecule has 10 heavy (non-hydrogen) atoms. The van der Waals surface area contributed by atoms with Gasteiger partial charge in [-0.3, -0.25) is 4.98 Å². The van der Waals surface area contributed by atoms with Gasteiger partial charge >= 0.3 is 0 Å². The van der Waals surface area contributed by atoms with Crippen molar-refractivity contribution in [3.05, 3.63) is 36.7 Å². The molecule has 0 N–H and O–H groups in total. The van der Waals surface area contributed by atoms with Crippen molar-refractivity contribution >= 4 is 17.2 Å². The second-order valence-electron chi connectivity index (χ2n) is 1.98. The summed E-state index contributed by atoms with van der Waals surface area (Å²) >= 11 is 5.56. The van der Waals surface area contributed by atoms with Gasteiger partial charge in [-0.15, -0.1) is 11.6 Å². The van der Waals surface area contributed by atoms with Crippen molar-refractivity contribution in [2.45, 2.75) is 0 Å². The molecule has 0 amide bonds. The summed E-state index contributed by atoms with van der Waals surface area (Å²) in [4.78, 5) is 3.93. The van der Waals surface area contributed by atoms with Crippen molar-refractivity contribution in [3.8, 4) is 0 Å². The first-order valence-electron chi connectivity index (χ1n) is 2.98. The van der Waals surface area contributed by atoms with Gasteiger partial charge in [0, 0.05) is 18.3 Å². The Hall–Kier alpha value is -0.820. The number of rotatable bonds is 2. The summed E-state index contributed by atoms with van der Waals surface area (Å²) in [7, 11) is 0. The molecule has 1 aromatic heterocycles. The van der Waals surface area contributed by atoms with Crippen LogP contribution in [0.25, 0.3) is 5.57 Å². The zero-order chi connectivity index (χ0) is 7.40. The first kappa shape index (κ1) is 7.29. The Morgan fingerprint density at radius 1 is 1.70 bits per heavy atom. The van der Waals surface area contributed by atoms with Crippen molar-refractivity contribution in [1.29, 1.82) is 0 Å². The Bertz CT molecular complexity index is 218. The smallest absolute Gasteiger partial charge is 0.0474 e. The molecule has 0 radical (unpaired) electrons. The zero-order valence-electron chi connectivity index (χ0n) is 5.55. The van der Waals surface area contributed by atoms with Crippen LogP contribution in [0.15, 0.2) is 31.1 Å². The van der Waals surface area contributed by atoms with Crippen LogP contribution in [0.2, 0.25) is 0 Å². The van der Waals surface area contributed by atoms with Crippen molar-refractivity contribution < 1.29 is 0 Å². The molecule has 0 aliphatic carbocycles. The fraction of sp³-hybridized carbons (Fsp3) is 0.125. The number of hydrogen-bond acceptors (Lipinski definition) is 1. The molecule has 2 heteroatoms. The topological polar surface area (TPSA) is 12.9 Å². The third-order valence-electron chi connectivity index (χ3n) is 1.23. The molecule has 1 nitrogen and oxygen atoms in total. The lowest BCUT2D eigenvalue weighted by Gasteiger charge is -1.97. The molecule has 0 unspecified atom stereocenters. The van der Waals surface area contributed by atoms with Gasteiger partial charge in [0.1, 0.15) is 0 Å². The third kappa shape index (κ3) is 1.58. The summed E-state index contributed by atoms with van der Waals surface area (Å²) in [5.74, 6) is 0.464. The summed E-state index contributed by atoms with van der Waals surface area (Å²) in [5, 5.41) is 0. The summed E-state index contributed by atoms with van der Waals surface area (Å²) in [5.41, 5.74) is 1.92. The van der Waals surface area contributed by atoms with Gasteiger partial charge in [-0.05, 0) is 17.2 Å². The Kier molecular flexibility index (Phi) is 2.46. The highest BCUT2D eigenvalue weighted by Crippen LogP contribution is 2.10. The first-order chi connectivity index (χ1) is 4.84. The zero-order valence-corrected chi connectivity index (χ0v) is 6.30. The van der Waals surface area contributed by atoms with Crippen molar-refractivity contribution in [1.82, 2.24) is 4.98 Å². The number of nitrogens with zero attached hydrogens (tertiary/aromatic N) is 1. The van der Waals surface area contributed by atoms with Crippen LogP contribution in [-0.4, -0.2) is 10.9 Å². The number of aromatic nitrogens is 1. The molecule has 1 aromatic rings. The first-order valence-corrected chi connectivity index (χ1v) is 3.52. The molecule has 0 saturated heterocycles. The minimum absolute atomic E-state index is 0.464. The molecule has 0 atom stereocenters. The minimum atomic E-state index is 0.464. The standard InChI is InChI=1S/C8H8ClN/c1-7(5-9)8-3-2-4-10-6-8/h2-4,6H,1,5H2. The van der Waals surface area contributed by atoms with E-state index >= 15 is 0 Å². The largest absolute Gasteiger partial charge is 0.264 e. The Balaban J connectivity index is 2.85. The van der Waals surface area contributed by atoms with Crippen molar-refractivity contribution in [2.24, 2.45) is 0 Å². The van der Waals surface area contributed by atoms with Gasteiger partial charge in [-0.1, -0.05) is 12.6 Å². The minimum Gasteiger partial charge on any atom is -0.264 e. The molecule has 0 bridgehead atoms. The second kappa shape index (κ2) is 3.37. The van der Waals surface area contributed by atoms with E-state index in [-0.39, 0.29) is 0 Å². The van der Waals surface area contributed by atoms with Gasteiger partial charge in [0.05, 0.1) is 0 Å². The van der Waals surface area contributed by atoms with E-state index in [1.807, 2.05) is 12.1 Å². The van der Waals surface area contributed by atoms with E-state index < -0.39 is 0 Å². The maximum absolute atomic E-state index is 5.56. The van der Waals surface area contributed by atoms with Crippen molar-refractivity contribution in [3.63, 3.8) is 0 Å². The fourth-order valence-electron chi connectivity index (χ4n) is 0.649. The Labute approximate surface area is 65.4 Å². The molecule has 0 aromatic carbocycles. The number of hydrogen-bond donors (Lipinski definition) is 0. The van der Waals surface area contributed by atoms with E-state index in [4.69, 9.17) is 11.6 Å². The van der Waals surface area contributed by atoms with E-state index in [0.717, 1.165) is 11.1 Å². The average Bonchev–Trinajstić information content (AvgIpc) is 2.05. The lowest BCUT2D eigenvalue weighted by atomic mass is 10.2. The molecular weight excluding hydrogens is 146 g/mol. The van der Waals surface area contributed by atoms with Gasteiger partial charge < -0.3 is 0 Å². The molecule has 0 aliphatic heterocycles.